The van der Waals surface area contributed by atoms with Crippen LogP contribution in [0, 0.1) is 11.8 Å². The van der Waals surface area contributed by atoms with Crippen molar-refractivity contribution in [3.8, 4) is 0 Å². The number of aromatic amines is 1. The molecule has 1 amide bonds. The summed E-state index contributed by atoms with van der Waals surface area (Å²) in [4.78, 5) is 22.5. The lowest BCUT2D eigenvalue weighted by Crippen LogP contribution is -2.58. The molecule has 6 nitrogen and oxygen atoms in total. The number of nitrogens with zero attached hydrogens (tertiary/aromatic N) is 2. The zero-order chi connectivity index (χ0) is 20.7. The van der Waals surface area contributed by atoms with Crippen LogP contribution >= 0.6 is 12.4 Å². The summed E-state index contributed by atoms with van der Waals surface area (Å²) in [6.45, 7) is 2.70. The number of imidazole rings is 1. The Morgan fingerprint density at radius 3 is 2.61 bits per heavy atom. The van der Waals surface area contributed by atoms with Crippen LogP contribution in [-0.4, -0.2) is 41.0 Å². The number of likely N-dealkylation sites (tertiary alicyclic amines) is 1. The molecule has 0 radical (unpaired) electrons. The zero-order valence-electron chi connectivity index (χ0n) is 17.7. The third kappa shape index (κ3) is 3.73. The number of nitrogens with two attached hydrogens (primary N) is 1. The molecule has 1 saturated heterocycles. The molecule has 3 N–H and O–H groups in total. The van der Waals surface area contributed by atoms with Crippen LogP contribution in [-0.2, 0) is 16.9 Å². The lowest BCUT2D eigenvalue weighted by Gasteiger charge is -2.55. The third-order valence-corrected chi connectivity index (χ3v) is 7.02. The minimum Gasteiger partial charge on any atom is -0.373 e. The average Bonchev–Trinajstić information content (AvgIpc) is 3.15. The first kappa shape index (κ1) is 21.8. The molecule has 3 atom stereocenters. The molecule has 31 heavy (non-hydrogen) atoms. The molecule has 2 bridgehead atoms. The van der Waals surface area contributed by atoms with E-state index in [2.05, 4.69) is 22.0 Å². The standard InChI is InChI=1S/C24H28N4O2.ClH/c1-30-24(17-7-4-6-16(12-17)23(25)29)18-8-5-9-19(24)14-28(13-18)15-22-26-20-10-2-3-11-21(20)27-22;/h2-4,6-7,10-12,18-19H,5,8-9,13-15H2,1H3,(H2,25,29)(H,26,27);1H/t18-,19+,24?;. The molecule has 164 valence electrons. The number of para-hydroxylation sites is 2. The van der Waals surface area contributed by atoms with Gasteiger partial charge < -0.3 is 15.5 Å². The number of rotatable bonds is 5. The molecule has 2 heterocycles. The average molecular weight is 441 g/mol. The SMILES string of the molecule is COC1(c2cccc(C(N)=O)c2)[C@@H]2CCC[C@H]1CN(Cc1nc3ccccc3[nH]1)C2.Cl. The molecule has 1 aliphatic heterocycles. The second-order valence-electron chi connectivity index (χ2n) is 8.66. The molecule has 5 rings (SSSR count). The Hall–Kier alpha value is -2.41. The summed E-state index contributed by atoms with van der Waals surface area (Å²) in [7, 11) is 1.82. The summed E-state index contributed by atoms with van der Waals surface area (Å²) in [6.07, 6.45) is 3.44. The topological polar surface area (TPSA) is 84.2 Å². The van der Waals surface area contributed by atoms with E-state index in [1.165, 1.54) is 6.42 Å². The summed E-state index contributed by atoms with van der Waals surface area (Å²) in [5.74, 6) is 1.34. The van der Waals surface area contributed by atoms with E-state index in [0.717, 1.165) is 54.9 Å². The van der Waals surface area contributed by atoms with Crippen molar-refractivity contribution in [1.82, 2.24) is 14.9 Å². The molecular weight excluding hydrogens is 412 g/mol. The van der Waals surface area contributed by atoms with Gasteiger partial charge in [0.15, 0.2) is 0 Å². The predicted molar refractivity (Wildman–Crippen MR) is 123 cm³/mol. The molecule has 2 aliphatic rings. The summed E-state index contributed by atoms with van der Waals surface area (Å²) in [5.41, 5.74) is 8.91. The Bertz CT molecular complexity index is 1040. The van der Waals surface area contributed by atoms with E-state index in [4.69, 9.17) is 15.5 Å². The number of hydrogen-bond acceptors (Lipinski definition) is 4. The number of aromatic nitrogens is 2. The molecule has 7 heteroatoms. The van der Waals surface area contributed by atoms with E-state index in [1.807, 2.05) is 37.4 Å². The van der Waals surface area contributed by atoms with Crippen LogP contribution in [0.1, 0.15) is 41.0 Å². The van der Waals surface area contributed by atoms with Crippen LogP contribution in [0.15, 0.2) is 48.5 Å². The highest BCUT2D eigenvalue weighted by atomic mass is 35.5. The lowest BCUT2D eigenvalue weighted by molar-refractivity contribution is -0.170. The number of halogens is 1. The maximum absolute atomic E-state index is 11.8. The number of benzene rings is 2. The van der Waals surface area contributed by atoms with E-state index in [9.17, 15) is 4.79 Å². The van der Waals surface area contributed by atoms with Crippen molar-refractivity contribution in [2.45, 2.75) is 31.4 Å². The fourth-order valence-electron chi connectivity index (χ4n) is 5.78. The van der Waals surface area contributed by atoms with Crippen LogP contribution in [0.3, 0.4) is 0 Å². The van der Waals surface area contributed by atoms with Crippen molar-refractivity contribution in [2.24, 2.45) is 17.6 Å². The number of piperidine rings is 1. The maximum atomic E-state index is 11.8. The predicted octanol–water partition coefficient (Wildman–Crippen LogP) is 3.86. The van der Waals surface area contributed by atoms with Crippen LogP contribution in [0.25, 0.3) is 11.0 Å². The number of amides is 1. The number of methoxy groups -OCH3 is 1. The van der Waals surface area contributed by atoms with Crippen molar-refractivity contribution in [3.63, 3.8) is 0 Å². The highest BCUT2D eigenvalue weighted by molar-refractivity contribution is 5.93. The minimum absolute atomic E-state index is 0. The third-order valence-electron chi connectivity index (χ3n) is 7.02. The van der Waals surface area contributed by atoms with Gasteiger partial charge in [0, 0.05) is 37.6 Å². The van der Waals surface area contributed by atoms with Gasteiger partial charge in [0.05, 0.1) is 17.6 Å². The van der Waals surface area contributed by atoms with Crippen LogP contribution in [0.5, 0.6) is 0 Å². The Kier molecular flexibility index (Phi) is 6.06. The Balaban J connectivity index is 0.00000231. The molecular formula is C24H29ClN4O2. The minimum atomic E-state index is -0.393. The number of nitrogens with one attached hydrogen (secondary N) is 1. The fourth-order valence-corrected chi connectivity index (χ4v) is 5.78. The van der Waals surface area contributed by atoms with E-state index in [-0.39, 0.29) is 18.0 Å². The Labute approximate surface area is 188 Å². The molecule has 2 aromatic carbocycles. The lowest BCUT2D eigenvalue weighted by atomic mass is 9.62. The van der Waals surface area contributed by atoms with Crippen LogP contribution in [0.4, 0.5) is 0 Å². The molecule has 2 fully saturated rings. The van der Waals surface area contributed by atoms with E-state index in [0.29, 0.717) is 17.4 Å². The van der Waals surface area contributed by atoms with Gasteiger partial charge in [-0.05, 0) is 42.7 Å². The van der Waals surface area contributed by atoms with Gasteiger partial charge >= 0.3 is 0 Å². The molecule has 1 aromatic heterocycles. The first-order valence-electron chi connectivity index (χ1n) is 10.7. The van der Waals surface area contributed by atoms with Crippen molar-refractivity contribution in [2.75, 3.05) is 20.2 Å². The Morgan fingerprint density at radius 1 is 1.19 bits per heavy atom. The van der Waals surface area contributed by atoms with Crippen molar-refractivity contribution < 1.29 is 9.53 Å². The van der Waals surface area contributed by atoms with Gasteiger partial charge in [0.1, 0.15) is 11.4 Å². The van der Waals surface area contributed by atoms with Gasteiger partial charge in [0.2, 0.25) is 5.91 Å². The number of fused-ring (bicyclic) bond motifs is 3. The number of ether oxygens (including phenoxy) is 1. The van der Waals surface area contributed by atoms with E-state index >= 15 is 0 Å². The highest BCUT2D eigenvalue weighted by Gasteiger charge is 2.53. The summed E-state index contributed by atoms with van der Waals surface area (Å²) in [6, 6.07) is 15.9. The van der Waals surface area contributed by atoms with Gasteiger partial charge in [-0.1, -0.05) is 30.7 Å². The Morgan fingerprint density at radius 2 is 1.94 bits per heavy atom. The second kappa shape index (κ2) is 8.61. The number of H-pyrrole nitrogens is 1. The van der Waals surface area contributed by atoms with Gasteiger partial charge in [-0.15, -0.1) is 12.4 Å². The number of carbonyl (C=O) groups excluding carboxylic acids is 1. The number of carbonyl (C=O) groups is 1. The molecule has 1 aliphatic carbocycles. The fraction of sp³-hybridized carbons (Fsp3) is 0.417. The monoisotopic (exact) mass is 440 g/mol. The van der Waals surface area contributed by atoms with E-state index < -0.39 is 5.91 Å². The smallest absolute Gasteiger partial charge is 0.248 e. The first-order valence-corrected chi connectivity index (χ1v) is 10.7. The van der Waals surface area contributed by atoms with Gasteiger partial charge in [-0.25, -0.2) is 4.98 Å². The van der Waals surface area contributed by atoms with Crippen LogP contribution in [0.2, 0.25) is 0 Å². The summed E-state index contributed by atoms with van der Waals surface area (Å²) < 4.78 is 6.31. The zero-order valence-corrected chi connectivity index (χ0v) is 18.5. The molecule has 1 saturated carbocycles. The molecule has 1 unspecified atom stereocenters. The van der Waals surface area contributed by atoms with Gasteiger partial charge in [-0.2, -0.15) is 0 Å². The summed E-state index contributed by atoms with van der Waals surface area (Å²) in [5, 5.41) is 0. The van der Waals surface area contributed by atoms with Crippen molar-refractivity contribution in [1.29, 1.82) is 0 Å². The molecule has 0 spiro atoms. The van der Waals surface area contributed by atoms with Crippen LogP contribution < -0.4 is 5.73 Å². The van der Waals surface area contributed by atoms with Gasteiger partial charge in [0.25, 0.3) is 0 Å². The van der Waals surface area contributed by atoms with Crippen molar-refractivity contribution in [3.05, 3.63) is 65.5 Å². The normalized spacial score (nSPS) is 25.8. The largest absolute Gasteiger partial charge is 0.373 e. The highest BCUT2D eigenvalue weighted by Crippen LogP contribution is 2.51. The maximum Gasteiger partial charge on any atom is 0.248 e. The quantitative estimate of drug-likeness (QED) is 0.631. The summed E-state index contributed by atoms with van der Waals surface area (Å²) >= 11 is 0. The second-order valence-corrected chi connectivity index (χ2v) is 8.66. The molecule has 3 aromatic rings. The van der Waals surface area contributed by atoms with Gasteiger partial charge in [-0.3, -0.25) is 9.69 Å². The number of primary amides is 1. The number of hydrogen-bond donors (Lipinski definition) is 2. The van der Waals surface area contributed by atoms with E-state index in [1.54, 1.807) is 6.07 Å². The first-order chi connectivity index (χ1) is 14.6. The van der Waals surface area contributed by atoms with Crippen molar-refractivity contribution >= 4 is 29.3 Å².